The zero-order chi connectivity index (χ0) is 15.7. The van der Waals surface area contributed by atoms with Crippen LogP contribution in [0.2, 0.25) is 0 Å². The Morgan fingerprint density at radius 1 is 1.50 bits per heavy atom. The van der Waals surface area contributed by atoms with E-state index in [2.05, 4.69) is 33.1 Å². The van der Waals surface area contributed by atoms with Gasteiger partial charge in [-0.3, -0.25) is 9.58 Å². The van der Waals surface area contributed by atoms with E-state index in [1.165, 1.54) is 27.5 Å². The molecule has 3 heterocycles. The maximum Gasteiger partial charge on any atom is 0.243 e. The number of thiophene rings is 1. The van der Waals surface area contributed by atoms with Crippen LogP contribution >= 0.6 is 11.3 Å². The van der Waals surface area contributed by atoms with Crippen molar-refractivity contribution >= 4 is 21.4 Å². The molecule has 0 radical (unpaired) electrons. The Hall–Kier alpha value is -1.22. The lowest BCUT2D eigenvalue weighted by molar-refractivity contribution is 0.204. The molecule has 1 N–H and O–H groups in total. The van der Waals surface area contributed by atoms with E-state index in [1.807, 2.05) is 11.3 Å². The highest BCUT2D eigenvalue weighted by Crippen LogP contribution is 2.32. The van der Waals surface area contributed by atoms with Gasteiger partial charge in [-0.2, -0.15) is 5.10 Å². The predicted molar refractivity (Wildman–Crippen MR) is 86.4 cm³/mol. The molecule has 2 aromatic rings. The lowest BCUT2D eigenvalue weighted by Gasteiger charge is -2.33. The summed E-state index contributed by atoms with van der Waals surface area (Å²) in [6.45, 7) is 4.26. The highest BCUT2D eigenvalue weighted by atomic mass is 32.2. The average Bonchev–Trinajstić information content (AvgIpc) is 3.10. The molecule has 6 nitrogen and oxygen atoms in total. The second kappa shape index (κ2) is 6.11. The fraction of sp³-hybridized carbons (Fsp3) is 0.500. The maximum atomic E-state index is 12.1. The number of hydrogen-bond donors (Lipinski definition) is 1. The van der Waals surface area contributed by atoms with Crippen LogP contribution in [0, 0.1) is 0 Å². The van der Waals surface area contributed by atoms with Crippen molar-refractivity contribution in [3.05, 3.63) is 34.3 Å². The zero-order valence-electron chi connectivity index (χ0n) is 12.7. The molecule has 8 heteroatoms. The molecule has 22 heavy (non-hydrogen) atoms. The number of fused-ring (bicyclic) bond motifs is 1. The molecule has 120 valence electrons. The molecule has 0 saturated heterocycles. The van der Waals surface area contributed by atoms with E-state index < -0.39 is 10.0 Å². The Labute approximate surface area is 134 Å². The number of aryl methyl sites for hydroxylation is 1. The van der Waals surface area contributed by atoms with Crippen molar-refractivity contribution < 1.29 is 8.42 Å². The monoisotopic (exact) mass is 340 g/mol. The van der Waals surface area contributed by atoms with E-state index in [-0.39, 0.29) is 4.90 Å². The maximum absolute atomic E-state index is 12.1. The van der Waals surface area contributed by atoms with Gasteiger partial charge in [-0.15, -0.1) is 11.3 Å². The van der Waals surface area contributed by atoms with Gasteiger partial charge in [-0.1, -0.05) is 0 Å². The standard InChI is InChI=1S/C14H20N4O2S2/c1-11-13-4-8-21-14(13)3-6-18(11)7-5-16-22(19,20)12-9-15-17(2)10-12/h4,8-11,16H,3,5-7H2,1-2H3. The molecule has 3 rings (SSSR count). The number of nitrogens with one attached hydrogen (secondary N) is 1. The SMILES string of the molecule is CC1c2ccsc2CCN1CCNS(=O)(=O)c1cnn(C)c1. The lowest BCUT2D eigenvalue weighted by Crippen LogP contribution is -2.39. The van der Waals surface area contributed by atoms with Crippen molar-refractivity contribution in [1.29, 1.82) is 0 Å². The molecule has 2 aromatic heterocycles. The van der Waals surface area contributed by atoms with Crippen LogP contribution in [0.3, 0.4) is 0 Å². The van der Waals surface area contributed by atoms with Crippen LogP contribution in [0.5, 0.6) is 0 Å². The first-order valence-electron chi connectivity index (χ1n) is 7.26. The molecule has 1 atom stereocenters. The van der Waals surface area contributed by atoms with Gasteiger partial charge in [-0.25, -0.2) is 13.1 Å². The molecule has 0 aliphatic carbocycles. The van der Waals surface area contributed by atoms with Crippen molar-refractivity contribution in [3.8, 4) is 0 Å². The van der Waals surface area contributed by atoms with E-state index >= 15 is 0 Å². The first-order chi connectivity index (χ1) is 10.5. The first kappa shape index (κ1) is 15.7. The fourth-order valence-corrected chi connectivity index (χ4v) is 4.78. The molecule has 0 bridgehead atoms. The van der Waals surface area contributed by atoms with Crippen LogP contribution in [0.4, 0.5) is 0 Å². The summed E-state index contributed by atoms with van der Waals surface area (Å²) in [4.78, 5) is 3.99. The second-order valence-electron chi connectivity index (χ2n) is 5.51. The van der Waals surface area contributed by atoms with Gasteiger partial charge in [0.1, 0.15) is 4.90 Å². The Morgan fingerprint density at radius 3 is 3.05 bits per heavy atom. The molecule has 0 aromatic carbocycles. The van der Waals surface area contributed by atoms with Crippen molar-refractivity contribution in [3.63, 3.8) is 0 Å². The third kappa shape index (κ3) is 3.10. The minimum Gasteiger partial charge on any atom is -0.295 e. The number of sulfonamides is 1. The third-order valence-electron chi connectivity index (χ3n) is 4.09. The van der Waals surface area contributed by atoms with Gasteiger partial charge in [0.15, 0.2) is 0 Å². The minimum atomic E-state index is -3.47. The zero-order valence-corrected chi connectivity index (χ0v) is 14.3. The molecule has 1 aliphatic heterocycles. The molecule has 1 aliphatic rings. The molecular formula is C14H20N4O2S2. The molecule has 0 fully saturated rings. The Morgan fingerprint density at radius 2 is 2.32 bits per heavy atom. The van der Waals surface area contributed by atoms with Gasteiger partial charge in [-0.05, 0) is 30.4 Å². The summed E-state index contributed by atoms with van der Waals surface area (Å²) in [6, 6.07) is 2.52. The summed E-state index contributed by atoms with van der Waals surface area (Å²) < 4.78 is 28.4. The summed E-state index contributed by atoms with van der Waals surface area (Å²) in [5, 5.41) is 6.03. The van der Waals surface area contributed by atoms with E-state index in [1.54, 1.807) is 7.05 Å². The van der Waals surface area contributed by atoms with Crippen molar-refractivity contribution in [2.24, 2.45) is 7.05 Å². The molecule has 0 amide bonds. The van der Waals surface area contributed by atoms with Gasteiger partial charge < -0.3 is 0 Å². The van der Waals surface area contributed by atoms with Crippen molar-refractivity contribution in [1.82, 2.24) is 19.4 Å². The van der Waals surface area contributed by atoms with Crippen molar-refractivity contribution in [2.75, 3.05) is 19.6 Å². The van der Waals surface area contributed by atoms with E-state index in [0.29, 0.717) is 19.1 Å². The number of hydrogen-bond acceptors (Lipinski definition) is 5. The van der Waals surface area contributed by atoms with E-state index in [4.69, 9.17) is 0 Å². The highest BCUT2D eigenvalue weighted by Gasteiger charge is 2.24. The minimum absolute atomic E-state index is 0.210. The van der Waals surface area contributed by atoms with Crippen molar-refractivity contribution in [2.45, 2.75) is 24.3 Å². The van der Waals surface area contributed by atoms with Gasteiger partial charge in [0, 0.05) is 43.8 Å². The van der Waals surface area contributed by atoms with Gasteiger partial charge >= 0.3 is 0 Å². The molecule has 0 spiro atoms. The van der Waals surface area contributed by atoms with Gasteiger partial charge in [0.05, 0.1) is 6.20 Å². The highest BCUT2D eigenvalue weighted by molar-refractivity contribution is 7.89. The third-order valence-corrected chi connectivity index (χ3v) is 6.50. The quantitative estimate of drug-likeness (QED) is 0.893. The Bertz CT molecular complexity index is 750. The summed E-state index contributed by atoms with van der Waals surface area (Å²) in [6.07, 6.45) is 3.92. The molecular weight excluding hydrogens is 320 g/mol. The second-order valence-corrected chi connectivity index (χ2v) is 8.28. The van der Waals surface area contributed by atoms with Crippen LogP contribution in [-0.4, -0.2) is 42.7 Å². The van der Waals surface area contributed by atoms with Gasteiger partial charge in [0.2, 0.25) is 10.0 Å². The summed E-state index contributed by atoms with van der Waals surface area (Å²) in [7, 11) is -1.76. The normalized spacial score (nSPS) is 19.3. The average molecular weight is 340 g/mol. The largest absolute Gasteiger partial charge is 0.295 e. The Kier molecular flexibility index (Phi) is 4.35. The smallest absolute Gasteiger partial charge is 0.243 e. The van der Waals surface area contributed by atoms with Crippen LogP contribution < -0.4 is 4.72 Å². The molecule has 1 unspecified atom stereocenters. The Balaban J connectivity index is 1.58. The molecule has 0 saturated carbocycles. The number of nitrogens with zero attached hydrogens (tertiary/aromatic N) is 3. The predicted octanol–water partition coefficient (Wildman–Crippen LogP) is 1.38. The lowest BCUT2D eigenvalue weighted by atomic mass is 10.0. The fourth-order valence-electron chi connectivity index (χ4n) is 2.81. The van der Waals surface area contributed by atoms with Gasteiger partial charge in [0.25, 0.3) is 0 Å². The van der Waals surface area contributed by atoms with Crippen LogP contribution in [0.1, 0.15) is 23.4 Å². The van der Waals surface area contributed by atoms with E-state index in [0.717, 1.165) is 13.0 Å². The van der Waals surface area contributed by atoms with Crippen LogP contribution in [0.15, 0.2) is 28.7 Å². The summed E-state index contributed by atoms with van der Waals surface area (Å²) in [5.41, 5.74) is 1.38. The topological polar surface area (TPSA) is 67.2 Å². The van der Waals surface area contributed by atoms with E-state index in [9.17, 15) is 8.42 Å². The number of rotatable bonds is 5. The number of aromatic nitrogens is 2. The summed E-state index contributed by atoms with van der Waals surface area (Å²) >= 11 is 1.81. The van der Waals surface area contributed by atoms with Crippen LogP contribution in [-0.2, 0) is 23.5 Å². The summed E-state index contributed by atoms with van der Waals surface area (Å²) in [5.74, 6) is 0. The van der Waals surface area contributed by atoms with Crippen LogP contribution in [0.25, 0.3) is 0 Å². The first-order valence-corrected chi connectivity index (χ1v) is 9.62.